The molecule has 0 aliphatic rings. The predicted molar refractivity (Wildman–Crippen MR) is 87.6 cm³/mol. The van der Waals surface area contributed by atoms with Crippen molar-refractivity contribution < 1.29 is 14.3 Å². The Bertz CT molecular complexity index is 629. The monoisotopic (exact) mass is 312 g/mol. The molecule has 5 heteroatoms. The van der Waals surface area contributed by atoms with Crippen molar-refractivity contribution in [3.8, 4) is 0 Å². The predicted octanol–water partition coefficient (Wildman–Crippen LogP) is 2.57. The van der Waals surface area contributed by atoms with E-state index in [-0.39, 0.29) is 18.9 Å². The van der Waals surface area contributed by atoms with Crippen molar-refractivity contribution in [2.24, 2.45) is 5.73 Å². The van der Waals surface area contributed by atoms with Gasteiger partial charge >= 0.3 is 6.09 Å². The lowest BCUT2D eigenvalue weighted by molar-refractivity contribution is -0.118. The maximum Gasteiger partial charge on any atom is 0.407 e. The molecule has 0 heterocycles. The van der Waals surface area contributed by atoms with E-state index in [1.807, 2.05) is 60.7 Å². The molecule has 120 valence electrons. The fourth-order valence-electron chi connectivity index (χ4n) is 2.26. The van der Waals surface area contributed by atoms with E-state index >= 15 is 0 Å². The van der Waals surface area contributed by atoms with Crippen LogP contribution in [0.15, 0.2) is 60.7 Å². The first kappa shape index (κ1) is 16.5. The first-order chi connectivity index (χ1) is 11.1. The summed E-state index contributed by atoms with van der Waals surface area (Å²) in [6.07, 6.45) is -0.345. The first-order valence-electron chi connectivity index (χ1n) is 7.43. The fourth-order valence-corrected chi connectivity index (χ4v) is 2.26. The van der Waals surface area contributed by atoms with E-state index in [1.165, 1.54) is 0 Å². The molecule has 0 aliphatic carbocycles. The van der Waals surface area contributed by atoms with Gasteiger partial charge in [0.15, 0.2) is 0 Å². The molecule has 5 nitrogen and oxygen atoms in total. The van der Waals surface area contributed by atoms with E-state index in [1.54, 1.807) is 0 Å². The molecule has 2 amide bonds. The minimum absolute atomic E-state index is 0.169. The van der Waals surface area contributed by atoms with Crippen LogP contribution in [0.5, 0.6) is 0 Å². The largest absolute Gasteiger partial charge is 0.445 e. The number of nitrogens with two attached hydrogens (primary N) is 1. The molecule has 2 aromatic carbocycles. The van der Waals surface area contributed by atoms with Crippen LogP contribution in [0.1, 0.15) is 23.5 Å². The van der Waals surface area contributed by atoms with Crippen molar-refractivity contribution in [2.45, 2.75) is 18.9 Å². The van der Waals surface area contributed by atoms with Crippen LogP contribution in [0, 0.1) is 0 Å². The molecule has 0 aliphatic heterocycles. The second kappa shape index (κ2) is 8.58. The number of rotatable bonds is 7. The molecule has 0 spiro atoms. The summed E-state index contributed by atoms with van der Waals surface area (Å²) in [5.41, 5.74) is 7.16. The molecule has 0 aromatic heterocycles. The van der Waals surface area contributed by atoms with Crippen molar-refractivity contribution in [3.05, 3.63) is 71.8 Å². The number of primary amides is 1. The lowest BCUT2D eigenvalue weighted by Gasteiger charge is -2.16. The van der Waals surface area contributed by atoms with E-state index < -0.39 is 12.0 Å². The zero-order valence-electron chi connectivity index (χ0n) is 12.8. The zero-order valence-corrected chi connectivity index (χ0v) is 12.8. The highest BCUT2D eigenvalue weighted by Crippen LogP contribution is 2.18. The smallest absolute Gasteiger partial charge is 0.407 e. The third-order valence-electron chi connectivity index (χ3n) is 3.42. The Morgan fingerprint density at radius 1 is 1.00 bits per heavy atom. The van der Waals surface area contributed by atoms with Gasteiger partial charge in [-0.2, -0.15) is 0 Å². The molecule has 1 atom stereocenters. The highest BCUT2D eigenvalue weighted by atomic mass is 16.5. The maximum absolute atomic E-state index is 11.8. The van der Waals surface area contributed by atoms with Crippen molar-refractivity contribution >= 4 is 12.0 Å². The van der Waals surface area contributed by atoms with Crippen LogP contribution in [0.4, 0.5) is 4.79 Å². The van der Waals surface area contributed by atoms with Crippen LogP contribution >= 0.6 is 0 Å². The van der Waals surface area contributed by atoms with Gasteiger partial charge < -0.3 is 15.8 Å². The van der Waals surface area contributed by atoms with Crippen molar-refractivity contribution in [3.63, 3.8) is 0 Å². The lowest BCUT2D eigenvalue weighted by atomic mass is 9.95. The molecule has 0 saturated carbocycles. The molecular weight excluding hydrogens is 292 g/mol. The second-order valence-corrected chi connectivity index (χ2v) is 5.22. The number of alkyl carbamates (subject to hydrolysis) is 1. The summed E-state index contributed by atoms with van der Waals surface area (Å²) < 4.78 is 5.15. The lowest BCUT2D eigenvalue weighted by Crippen LogP contribution is -2.30. The SMILES string of the molecule is NC(=O)C[C@@H](CNC(=O)OCc1ccccc1)c1ccccc1. The van der Waals surface area contributed by atoms with Crippen LogP contribution in [-0.2, 0) is 16.1 Å². The quantitative estimate of drug-likeness (QED) is 0.824. The first-order valence-corrected chi connectivity index (χ1v) is 7.43. The Morgan fingerprint density at radius 3 is 2.22 bits per heavy atom. The van der Waals surface area contributed by atoms with Crippen LogP contribution in [0.2, 0.25) is 0 Å². The van der Waals surface area contributed by atoms with E-state index in [0.717, 1.165) is 11.1 Å². The maximum atomic E-state index is 11.8. The summed E-state index contributed by atoms with van der Waals surface area (Å²) in [5, 5.41) is 2.69. The highest BCUT2D eigenvalue weighted by molar-refractivity contribution is 5.75. The van der Waals surface area contributed by atoms with Gasteiger partial charge in [0.2, 0.25) is 5.91 Å². The van der Waals surface area contributed by atoms with E-state index in [0.29, 0.717) is 6.54 Å². The van der Waals surface area contributed by atoms with Crippen molar-refractivity contribution in [2.75, 3.05) is 6.54 Å². The zero-order chi connectivity index (χ0) is 16.5. The molecule has 0 fully saturated rings. The molecule has 2 aromatic rings. The molecular formula is C18H20N2O3. The Labute approximate surface area is 135 Å². The van der Waals surface area contributed by atoms with E-state index in [2.05, 4.69) is 5.32 Å². The van der Waals surface area contributed by atoms with Crippen LogP contribution < -0.4 is 11.1 Å². The van der Waals surface area contributed by atoms with E-state index in [4.69, 9.17) is 10.5 Å². The summed E-state index contributed by atoms with van der Waals surface area (Å²) >= 11 is 0. The summed E-state index contributed by atoms with van der Waals surface area (Å²) in [4.78, 5) is 23.0. The second-order valence-electron chi connectivity index (χ2n) is 5.22. The molecule has 0 saturated heterocycles. The summed E-state index contributed by atoms with van der Waals surface area (Å²) in [7, 11) is 0. The van der Waals surface area contributed by atoms with Gasteiger partial charge in [-0.3, -0.25) is 4.79 Å². The van der Waals surface area contributed by atoms with Crippen LogP contribution in [-0.4, -0.2) is 18.5 Å². The number of amides is 2. The number of benzene rings is 2. The minimum Gasteiger partial charge on any atom is -0.445 e. The number of carbonyl (C=O) groups is 2. The van der Waals surface area contributed by atoms with Gasteiger partial charge in [-0.1, -0.05) is 60.7 Å². The minimum atomic E-state index is -0.515. The molecule has 0 unspecified atom stereocenters. The Balaban J connectivity index is 1.85. The fraction of sp³-hybridized carbons (Fsp3) is 0.222. The van der Waals surface area contributed by atoms with Crippen molar-refractivity contribution in [1.82, 2.24) is 5.32 Å². The van der Waals surface area contributed by atoms with Gasteiger partial charge in [-0.05, 0) is 11.1 Å². The number of carbonyl (C=O) groups excluding carboxylic acids is 2. The normalized spacial score (nSPS) is 11.5. The van der Waals surface area contributed by atoms with E-state index in [9.17, 15) is 9.59 Å². The summed E-state index contributed by atoms with van der Waals surface area (Å²) in [5.74, 6) is -0.573. The number of hydrogen-bond donors (Lipinski definition) is 2. The van der Waals surface area contributed by atoms with Gasteiger partial charge in [0.1, 0.15) is 6.61 Å². The van der Waals surface area contributed by atoms with Gasteiger partial charge in [-0.15, -0.1) is 0 Å². The summed E-state index contributed by atoms with van der Waals surface area (Å²) in [6.45, 7) is 0.499. The molecule has 0 bridgehead atoms. The number of ether oxygens (including phenoxy) is 1. The average Bonchev–Trinajstić information content (AvgIpc) is 2.58. The third-order valence-corrected chi connectivity index (χ3v) is 3.42. The molecule has 0 radical (unpaired) electrons. The topological polar surface area (TPSA) is 81.4 Å². The van der Waals surface area contributed by atoms with Gasteiger partial charge in [-0.25, -0.2) is 4.79 Å². The highest BCUT2D eigenvalue weighted by Gasteiger charge is 2.16. The van der Waals surface area contributed by atoms with Crippen LogP contribution in [0.25, 0.3) is 0 Å². The van der Waals surface area contributed by atoms with Crippen LogP contribution in [0.3, 0.4) is 0 Å². The standard InChI is InChI=1S/C18H20N2O3/c19-17(21)11-16(15-9-5-2-6-10-15)12-20-18(22)23-13-14-7-3-1-4-8-14/h1-10,16H,11-13H2,(H2,19,21)(H,20,22)/t16-/m0/s1. The third kappa shape index (κ3) is 5.82. The van der Waals surface area contributed by atoms with Gasteiger partial charge in [0.05, 0.1) is 0 Å². The Hall–Kier alpha value is -2.82. The number of nitrogens with one attached hydrogen (secondary N) is 1. The molecule has 23 heavy (non-hydrogen) atoms. The Kier molecular flexibility index (Phi) is 6.17. The Morgan fingerprint density at radius 2 is 1.61 bits per heavy atom. The van der Waals surface area contributed by atoms with Crippen molar-refractivity contribution in [1.29, 1.82) is 0 Å². The van der Waals surface area contributed by atoms with Gasteiger partial charge in [0, 0.05) is 18.9 Å². The number of hydrogen-bond acceptors (Lipinski definition) is 3. The van der Waals surface area contributed by atoms with Gasteiger partial charge in [0.25, 0.3) is 0 Å². The summed E-state index contributed by atoms with van der Waals surface area (Å²) in [6, 6.07) is 18.9. The molecule has 3 N–H and O–H groups in total. The molecule has 2 rings (SSSR count). The average molecular weight is 312 g/mol.